The fraction of sp³-hybridized carbons (Fsp3) is 0.250. The number of ether oxygens (including phenoxy) is 1. The first kappa shape index (κ1) is 10.6. The van der Waals surface area contributed by atoms with E-state index in [0.29, 0.717) is 5.82 Å². The van der Waals surface area contributed by atoms with E-state index in [1.54, 1.807) is 6.92 Å². The lowest BCUT2D eigenvalue weighted by atomic mass is 10.4. The van der Waals surface area contributed by atoms with Gasteiger partial charge in [-0.25, -0.2) is 9.78 Å². The Morgan fingerprint density at radius 1 is 1.43 bits per heavy atom. The van der Waals surface area contributed by atoms with Crippen LogP contribution in [0.25, 0.3) is 0 Å². The Kier molecular flexibility index (Phi) is 3.14. The molecule has 0 atom stereocenters. The molecule has 1 rings (SSSR count). The summed E-state index contributed by atoms with van der Waals surface area (Å²) in [6.07, 6.45) is 0. The molecular formula is C8H8ClN3O2. The highest BCUT2D eigenvalue weighted by Crippen LogP contribution is 2.08. The van der Waals surface area contributed by atoms with Crippen molar-refractivity contribution in [3.63, 3.8) is 0 Å². The quantitative estimate of drug-likeness (QED) is 0.548. The van der Waals surface area contributed by atoms with Crippen molar-refractivity contribution in [1.82, 2.24) is 15.0 Å². The number of rotatable bonds is 2. The number of aryl methyl sites for hydroxylation is 1. The molecule has 0 fully saturated rings. The van der Waals surface area contributed by atoms with Crippen LogP contribution in [0.5, 0.6) is 6.01 Å². The predicted molar refractivity (Wildman–Crippen MR) is 50.0 cm³/mol. The van der Waals surface area contributed by atoms with Gasteiger partial charge in [-0.05, 0) is 25.4 Å². The van der Waals surface area contributed by atoms with Gasteiger partial charge in [-0.2, -0.15) is 9.97 Å². The van der Waals surface area contributed by atoms with Crippen LogP contribution in [0.2, 0.25) is 5.28 Å². The molecule has 0 saturated carbocycles. The molecule has 0 saturated heterocycles. The first-order valence-electron chi connectivity index (χ1n) is 3.75. The Hall–Kier alpha value is -1.49. The lowest BCUT2D eigenvalue weighted by molar-refractivity contribution is -0.130. The zero-order valence-corrected chi connectivity index (χ0v) is 8.50. The molecule has 6 heteroatoms. The molecule has 0 bridgehead atoms. The first-order valence-corrected chi connectivity index (χ1v) is 4.12. The number of aromatic nitrogens is 3. The van der Waals surface area contributed by atoms with Gasteiger partial charge in [0.05, 0.1) is 0 Å². The maximum absolute atomic E-state index is 11.1. The molecule has 0 aromatic carbocycles. The summed E-state index contributed by atoms with van der Waals surface area (Å²) in [5.74, 6) is -0.207. The number of carbonyl (C=O) groups is 1. The Labute approximate surface area is 85.8 Å². The molecule has 74 valence electrons. The van der Waals surface area contributed by atoms with Crippen molar-refractivity contribution in [3.8, 4) is 6.01 Å². The lowest BCUT2D eigenvalue weighted by Gasteiger charge is -2.01. The number of esters is 1. The SMILES string of the molecule is C=C(C)C(=O)Oc1nc(C)nc(Cl)n1. The summed E-state index contributed by atoms with van der Waals surface area (Å²) < 4.78 is 4.75. The minimum Gasteiger partial charge on any atom is -0.387 e. The third-order valence-corrected chi connectivity index (χ3v) is 1.40. The van der Waals surface area contributed by atoms with E-state index in [2.05, 4.69) is 21.5 Å². The number of nitrogens with zero attached hydrogens (tertiary/aromatic N) is 3. The molecule has 0 radical (unpaired) electrons. The second-order valence-electron chi connectivity index (χ2n) is 2.60. The smallest absolute Gasteiger partial charge is 0.340 e. The number of hydrogen-bond acceptors (Lipinski definition) is 5. The van der Waals surface area contributed by atoms with Crippen molar-refractivity contribution >= 4 is 17.6 Å². The van der Waals surface area contributed by atoms with Gasteiger partial charge in [0.2, 0.25) is 5.28 Å². The molecule has 1 heterocycles. The lowest BCUT2D eigenvalue weighted by Crippen LogP contribution is -2.11. The van der Waals surface area contributed by atoms with Crippen molar-refractivity contribution in [1.29, 1.82) is 0 Å². The highest BCUT2D eigenvalue weighted by atomic mass is 35.5. The summed E-state index contributed by atoms with van der Waals surface area (Å²) in [7, 11) is 0. The van der Waals surface area contributed by atoms with Crippen molar-refractivity contribution in [2.24, 2.45) is 0 Å². The summed E-state index contributed by atoms with van der Waals surface area (Å²) in [6, 6.07) is -0.115. The highest BCUT2D eigenvalue weighted by Gasteiger charge is 2.09. The van der Waals surface area contributed by atoms with Gasteiger partial charge in [0.15, 0.2) is 0 Å². The maximum atomic E-state index is 11.1. The Morgan fingerprint density at radius 3 is 2.57 bits per heavy atom. The van der Waals surface area contributed by atoms with Crippen LogP contribution in [0, 0.1) is 6.92 Å². The van der Waals surface area contributed by atoms with E-state index in [9.17, 15) is 4.79 Å². The second-order valence-corrected chi connectivity index (χ2v) is 2.94. The van der Waals surface area contributed by atoms with Crippen LogP contribution in [0.15, 0.2) is 12.2 Å². The van der Waals surface area contributed by atoms with Gasteiger partial charge in [0.1, 0.15) is 5.82 Å². The number of halogens is 1. The minimum absolute atomic E-state index is 0.0120. The third kappa shape index (κ3) is 2.77. The van der Waals surface area contributed by atoms with Crippen molar-refractivity contribution in [2.75, 3.05) is 0 Å². The topological polar surface area (TPSA) is 65.0 Å². The molecule has 14 heavy (non-hydrogen) atoms. The summed E-state index contributed by atoms with van der Waals surface area (Å²) in [5, 5.41) is -0.0120. The van der Waals surface area contributed by atoms with Gasteiger partial charge in [0.25, 0.3) is 0 Å². The van der Waals surface area contributed by atoms with E-state index >= 15 is 0 Å². The maximum Gasteiger partial charge on any atom is 0.340 e. The van der Waals surface area contributed by atoms with Crippen LogP contribution in [-0.2, 0) is 4.79 Å². The monoisotopic (exact) mass is 213 g/mol. The van der Waals surface area contributed by atoms with Crippen molar-refractivity contribution < 1.29 is 9.53 Å². The Morgan fingerprint density at radius 2 is 2.07 bits per heavy atom. The van der Waals surface area contributed by atoms with Crippen LogP contribution in [0.1, 0.15) is 12.7 Å². The van der Waals surface area contributed by atoms with Crippen molar-refractivity contribution in [2.45, 2.75) is 13.8 Å². The number of carbonyl (C=O) groups excluding carboxylic acids is 1. The predicted octanol–water partition coefficient (Wildman–Crippen LogP) is 1.31. The molecule has 5 nitrogen and oxygen atoms in total. The average Bonchev–Trinajstić information content (AvgIpc) is 2.01. The molecule has 0 N–H and O–H groups in total. The van der Waals surface area contributed by atoms with Crippen molar-refractivity contribution in [3.05, 3.63) is 23.3 Å². The average molecular weight is 214 g/mol. The van der Waals surface area contributed by atoms with Gasteiger partial charge in [-0.3, -0.25) is 0 Å². The number of hydrogen-bond donors (Lipinski definition) is 0. The van der Waals surface area contributed by atoms with E-state index < -0.39 is 5.97 Å². The molecule has 0 aliphatic carbocycles. The summed E-state index contributed by atoms with van der Waals surface area (Å²) >= 11 is 5.54. The largest absolute Gasteiger partial charge is 0.387 e. The second kappa shape index (κ2) is 4.15. The van der Waals surface area contributed by atoms with E-state index in [4.69, 9.17) is 16.3 Å². The Bertz CT molecular complexity index is 372. The van der Waals surface area contributed by atoms with Crippen LogP contribution in [0.3, 0.4) is 0 Å². The van der Waals surface area contributed by atoms with E-state index in [0.717, 1.165) is 0 Å². The van der Waals surface area contributed by atoms with Gasteiger partial charge >= 0.3 is 12.0 Å². The zero-order valence-electron chi connectivity index (χ0n) is 7.74. The van der Waals surface area contributed by atoms with E-state index in [1.165, 1.54) is 6.92 Å². The summed E-state index contributed by atoms with van der Waals surface area (Å²) in [5.41, 5.74) is 0.263. The van der Waals surface area contributed by atoms with Crippen LogP contribution in [0.4, 0.5) is 0 Å². The van der Waals surface area contributed by atoms with Gasteiger partial charge in [0, 0.05) is 5.57 Å². The molecule has 0 aliphatic heterocycles. The summed E-state index contributed by atoms with van der Waals surface area (Å²) in [6.45, 7) is 6.56. The van der Waals surface area contributed by atoms with Crippen LogP contribution in [-0.4, -0.2) is 20.9 Å². The third-order valence-electron chi connectivity index (χ3n) is 1.23. The summed E-state index contributed by atoms with van der Waals surface area (Å²) in [4.78, 5) is 22.2. The van der Waals surface area contributed by atoms with E-state index in [-0.39, 0.29) is 16.9 Å². The molecule has 1 aromatic heterocycles. The fourth-order valence-electron chi connectivity index (χ4n) is 0.642. The van der Waals surface area contributed by atoms with Crippen LogP contribution >= 0.6 is 11.6 Å². The van der Waals surface area contributed by atoms with Gasteiger partial charge in [-0.1, -0.05) is 6.58 Å². The fourth-order valence-corrected chi connectivity index (χ4v) is 0.836. The first-order chi connectivity index (χ1) is 6.49. The molecule has 0 spiro atoms. The van der Waals surface area contributed by atoms with Gasteiger partial charge in [-0.15, -0.1) is 0 Å². The zero-order chi connectivity index (χ0) is 10.7. The molecule has 0 amide bonds. The van der Waals surface area contributed by atoms with Gasteiger partial charge < -0.3 is 4.74 Å². The minimum atomic E-state index is -0.591. The molecule has 0 unspecified atom stereocenters. The normalized spacial score (nSPS) is 9.64. The highest BCUT2D eigenvalue weighted by molar-refractivity contribution is 6.28. The van der Waals surface area contributed by atoms with E-state index in [1.807, 2.05) is 0 Å². The molecular weight excluding hydrogens is 206 g/mol. The molecule has 0 aliphatic rings. The van der Waals surface area contributed by atoms with Crippen LogP contribution < -0.4 is 4.74 Å². The Balaban J connectivity index is 2.87. The molecule has 1 aromatic rings. The standard InChI is InChI=1S/C8H8ClN3O2/c1-4(2)6(13)14-8-11-5(3)10-7(9)12-8/h1H2,2-3H3.